The number of Topliss-reactive ketones (excluding diaryl/α,β-unsaturated/α-hetero) is 1. The molecule has 2 aromatic rings. The van der Waals surface area contributed by atoms with E-state index in [-0.39, 0.29) is 5.78 Å². The van der Waals surface area contributed by atoms with Gasteiger partial charge in [-0.1, -0.05) is 0 Å². The third-order valence-corrected chi connectivity index (χ3v) is 2.66. The Morgan fingerprint density at radius 2 is 2.33 bits per heavy atom. The number of nitrogens with zero attached hydrogens (tertiary/aromatic N) is 1. The highest BCUT2D eigenvalue weighted by Crippen LogP contribution is 2.22. The smallest absolute Gasteiger partial charge is 0.161 e. The van der Waals surface area contributed by atoms with Crippen molar-refractivity contribution in [1.29, 1.82) is 0 Å². The van der Waals surface area contributed by atoms with Crippen LogP contribution in [0.1, 0.15) is 17.3 Å². The number of rotatable bonds is 1. The molecule has 0 radical (unpaired) electrons. The Balaban J connectivity index is 2.82. The highest BCUT2D eigenvalue weighted by atomic mass is 32.1. The molecule has 0 aliphatic carbocycles. The minimum absolute atomic E-state index is 0.102. The number of pyridine rings is 1. The van der Waals surface area contributed by atoms with Gasteiger partial charge in [0.1, 0.15) is 0 Å². The lowest BCUT2D eigenvalue weighted by Gasteiger charge is -1.95. The van der Waals surface area contributed by atoms with Crippen LogP contribution in [0.15, 0.2) is 23.7 Å². The molecule has 0 spiro atoms. The first-order chi connectivity index (χ1) is 5.79. The maximum atomic E-state index is 11.1. The summed E-state index contributed by atoms with van der Waals surface area (Å²) in [5.74, 6) is 0.102. The standard InChI is InChI=1S/C9H7NOS/c1-6(11)7-2-4-10-8-3-5-12-9(7)8/h2-5H,1H3. The maximum absolute atomic E-state index is 11.1. The number of aromatic nitrogens is 1. The average Bonchev–Trinajstić information content (AvgIpc) is 2.49. The SMILES string of the molecule is CC(=O)c1ccnc2ccsc12. The number of carbonyl (C=O) groups excluding carboxylic acids is 1. The molecule has 0 amide bonds. The molecule has 0 unspecified atom stereocenters. The zero-order valence-corrected chi connectivity index (χ0v) is 7.39. The number of hydrogen-bond donors (Lipinski definition) is 0. The molecule has 2 aromatic heterocycles. The molecule has 0 saturated carbocycles. The highest BCUT2D eigenvalue weighted by molar-refractivity contribution is 7.17. The number of carbonyl (C=O) groups is 1. The Morgan fingerprint density at radius 3 is 3.08 bits per heavy atom. The monoisotopic (exact) mass is 177 g/mol. The van der Waals surface area contributed by atoms with Gasteiger partial charge in [0.05, 0.1) is 10.2 Å². The van der Waals surface area contributed by atoms with Gasteiger partial charge in [-0.25, -0.2) is 0 Å². The molecule has 0 aliphatic heterocycles. The van der Waals surface area contributed by atoms with Crippen molar-refractivity contribution in [3.05, 3.63) is 29.3 Å². The van der Waals surface area contributed by atoms with Gasteiger partial charge in [0.2, 0.25) is 0 Å². The van der Waals surface area contributed by atoms with Crippen molar-refractivity contribution in [2.75, 3.05) is 0 Å². The fourth-order valence-corrected chi connectivity index (χ4v) is 2.06. The van der Waals surface area contributed by atoms with Crippen molar-refractivity contribution in [1.82, 2.24) is 4.98 Å². The number of fused-ring (bicyclic) bond motifs is 1. The highest BCUT2D eigenvalue weighted by Gasteiger charge is 2.05. The first-order valence-corrected chi connectivity index (χ1v) is 4.50. The van der Waals surface area contributed by atoms with Crippen molar-refractivity contribution >= 4 is 27.3 Å². The predicted octanol–water partition coefficient (Wildman–Crippen LogP) is 2.50. The second kappa shape index (κ2) is 2.68. The number of hydrogen-bond acceptors (Lipinski definition) is 3. The van der Waals surface area contributed by atoms with Crippen LogP contribution < -0.4 is 0 Å². The van der Waals surface area contributed by atoms with E-state index in [4.69, 9.17) is 0 Å². The molecule has 0 aromatic carbocycles. The molecule has 0 bridgehead atoms. The van der Waals surface area contributed by atoms with Crippen molar-refractivity contribution in [2.24, 2.45) is 0 Å². The summed E-state index contributed by atoms with van der Waals surface area (Å²) in [7, 11) is 0. The van der Waals surface area contributed by atoms with Crippen molar-refractivity contribution in [3.8, 4) is 0 Å². The van der Waals surface area contributed by atoms with Crippen molar-refractivity contribution < 1.29 is 4.79 Å². The molecule has 12 heavy (non-hydrogen) atoms. The van der Waals surface area contributed by atoms with E-state index < -0.39 is 0 Å². The molecular formula is C9H7NOS. The summed E-state index contributed by atoms with van der Waals surface area (Å²) in [5, 5.41) is 1.95. The van der Waals surface area contributed by atoms with E-state index in [2.05, 4.69) is 4.98 Å². The fraction of sp³-hybridized carbons (Fsp3) is 0.111. The minimum Gasteiger partial charge on any atom is -0.294 e. The summed E-state index contributed by atoms with van der Waals surface area (Å²) in [6, 6.07) is 3.69. The zero-order chi connectivity index (χ0) is 8.55. The molecule has 3 heteroatoms. The number of ketones is 1. The molecule has 2 heterocycles. The number of thiophene rings is 1. The van der Waals surface area contributed by atoms with Gasteiger partial charge in [-0.2, -0.15) is 0 Å². The van der Waals surface area contributed by atoms with Crippen LogP contribution in [-0.4, -0.2) is 10.8 Å². The lowest BCUT2D eigenvalue weighted by molar-refractivity contribution is 0.101. The van der Waals surface area contributed by atoms with Gasteiger partial charge in [0.15, 0.2) is 5.78 Å². The van der Waals surface area contributed by atoms with Crippen LogP contribution in [0.5, 0.6) is 0 Å². The van der Waals surface area contributed by atoms with E-state index >= 15 is 0 Å². The van der Waals surface area contributed by atoms with Crippen LogP contribution in [0.2, 0.25) is 0 Å². The first kappa shape index (κ1) is 7.43. The van der Waals surface area contributed by atoms with Gasteiger partial charge in [-0.05, 0) is 24.4 Å². The Hall–Kier alpha value is -1.22. The predicted molar refractivity (Wildman–Crippen MR) is 49.6 cm³/mol. The third kappa shape index (κ3) is 1.02. The van der Waals surface area contributed by atoms with Gasteiger partial charge in [-0.3, -0.25) is 9.78 Å². The fourth-order valence-electron chi connectivity index (χ4n) is 1.15. The first-order valence-electron chi connectivity index (χ1n) is 3.62. The van der Waals surface area contributed by atoms with Crippen LogP contribution in [0, 0.1) is 0 Å². The maximum Gasteiger partial charge on any atom is 0.161 e. The molecule has 60 valence electrons. The van der Waals surface area contributed by atoms with E-state index in [1.807, 2.05) is 11.4 Å². The van der Waals surface area contributed by atoms with Crippen molar-refractivity contribution in [2.45, 2.75) is 6.92 Å². The van der Waals surface area contributed by atoms with Crippen LogP contribution in [0.4, 0.5) is 0 Å². The summed E-state index contributed by atoms with van der Waals surface area (Å²) >= 11 is 1.56. The molecule has 0 N–H and O–H groups in total. The summed E-state index contributed by atoms with van der Waals surface area (Å²) in [4.78, 5) is 15.3. The largest absolute Gasteiger partial charge is 0.294 e. The molecule has 0 fully saturated rings. The normalized spacial score (nSPS) is 10.4. The van der Waals surface area contributed by atoms with Gasteiger partial charge < -0.3 is 0 Å². The van der Waals surface area contributed by atoms with E-state index in [1.54, 1.807) is 30.5 Å². The van der Waals surface area contributed by atoms with Gasteiger partial charge in [0.25, 0.3) is 0 Å². The van der Waals surface area contributed by atoms with Crippen LogP contribution in [0.25, 0.3) is 10.2 Å². The Morgan fingerprint density at radius 1 is 1.50 bits per heavy atom. The molecule has 0 aliphatic rings. The second-order valence-electron chi connectivity index (χ2n) is 2.55. The molecule has 2 rings (SSSR count). The second-order valence-corrected chi connectivity index (χ2v) is 3.47. The Labute approximate surface area is 73.9 Å². The van der Waals surface area contributed by atoms with E-state index in [0.29, 0.717) is 0 Å². The van der Waals surface area contributed by atoms with Crippen LogP contribution in [0.3, 0.4) is 0 Å². The van der Waals surface area contributed by atoms with Gasteiger partial charge >= 0.3 is 0 Å². The van der Waals surface area contributed by atoms with Gasteiger partial charge in [0, 0.05) is 11.8 Å². The quantitative estimate of drug-likeness (QED) is 0.626. The third-order valence-electron chi connectivity index (χ3n) is 1.72. The molecule has 0 atom stereocenters. The van der Waals surface area contributed by atoms with Crippen LogP contribution in [-0.2, 0) is 0 Å². The minimum atomic E-state index is 0.102. The lowest BCUT2D eigenvalue weighted by atomic mass is 10.2. The average molecular weight is 177 g/mol. The van der Waals surface area contributed by atoms with E-state index in [0.717, 1.165) is 15.8 Å². The lowest BCUT2D eigenvalue weighted by Crippen LogP contribution is -1.91. The topological polar surface area (TPSA) is 30.0 Å². The zero-order valence-electron chi connectivity index (χ0n) is 6.57. The van der Waals surface area contributed by atoms with Crippen molar-refractivity contribution in [3.63, 3.8) is 0 Å². The molecular weight excluding hydrogens is 170 g/mol. The summed E-state index contributed by atoms with van der Waals surface area (Å²) in [6.07, 6.45) is 1.67. The molecule has 2 nitrogen and oxygen atoms in total. The van der Waals surface area contributed by atoms with E-state index in [9.17, 15) is 4.79 Å². The van der Waals surface area contributed by atoms with Gasteiger partial charge in [-0.15, -0.1) is 11.3 Å². The summed E-state index contributed by atoms with van der Waals surface area (Å²) < 4.78 is 0.991. The Kier molecular flexibility index (Phi) is 1.66. The Bertz CT molecular complexity index is 433. The van der Waals surface area contributed by atoms with E-state index in [1.165, 1.54) is 0 Å². The summed E-state index contributed by atoms with van der Waals surface area (Å²) in [5.41, 5.74) is 1.68. The molecule has 0 saturated heterocycles. The van der Waals surface area contributed by atoms with Crippen LogP contribution >= 0.6 is 11.3 Å². The summed E-state index contributed by atoms with van der Waals surface area (Å²) in [6.45, 7) is 1.58.